The number of pyridine rings is 1. The fourth-order valence-electron chi connectivity index (χ4n) is 6.30. The Bertz CT molecular complexity index is 1890. The number of benzene rings is 1. The van der Waals surface area contributed by atoms with Crippen molar-refractivity contribution in [2.75, 3.05) is 44.0 Å². The summed E-state index contributed by atoms with van der Waals surface area (Å²) in [5.74, 6) is 0.181. The number of nitriles is 1. The van der Waals surface area contributed by atoms with Crippen LogP contribution in [0.15, 0.2) is 34.1 Å². The van der Waals surface area contributed by atoms with Gasteiger partial charge >= 0.3 is 6.09 Å². The summed E-state index contributed by atoms with van der Waals surface area (Å²) in [6.07, 6.45) is 2.90. The van der Waals surface area contributed by atoms with E-state index in [-0.39, 0.29) is 28.7 Å². The number of carbonyl (C=O) groups is 2. The largest absolute Gasteiger partial charge is 0.443 e. The van der Waals surface area contributed by atoms with Crippen LogP contribution in [0.2, 0.25) is 18.1 Å². The van der Waals surface area contributed by atoms with E-state index in [1.807, 2.05) is 44.9 Å². The number of hydrogen-bond donors (Lipinski definition) is 2. The molecule has 0 saturated carbocycles. The Kier molecular flexibility index (Phi) is 9.61. The molecule has 3 aliphatic heterocycles. The van der Waals surface area contributed by atoms with Crippen molar-refractivity contribution in [3.63, 3.8) is 0 Å². The van der Waals surface area contributed by atoms with Crippen LogP contribution in [0.1, 0.15) is 87.6 Å². The van der Waals surface area contributed by atoms with E-state index >= 15 is 0 Å². The van der Waals surface area contributed by atoms with Gasteiger partial charge in [0.05, 0.1) is 22.5 Å². The highest BCUT2D eigenvalue weighted by Crippen LogP contribution is 2.47. The first-order chi connectivity index (χ1) is 23.2. The Balaban J connectivity index is 1.57. The Morgan fingerprint density at radius 3 is 2.46 bits per heavy atom. The average Bonchev–Trinajstić information content (AvgIpc) is 3.64. The maximum Gasteiger partial charge on any atom is 0.414 e. The molecule has 268 valence electrons. The number of likely N-dealkylation sites (N-methyl/N-ethyl adjacent to an activating group) is 1. The molecule has 1 atom stereocenters. The lowest BCUT2D eigenvalue weighted by atomic mass is 9.83. The van der Waals surface area contributed by atoms with Crippen LogP contribution < -0.4 is 21.1 Å². The number of nitrogens with zero attached hydrogens (tertiary/aromatic N) is 5. The van der Waals surface area contributed by atoms with Gasteiger partial charge in [0.15, 0.2) is 8.32 Å². The molecule has 0 spiro atoms. The smallest absolute Gasteiger partial charge is 0.414 e. The zero-order chi connectivity index (χ0) is 37.0. The van der Waals surface area contributed by atoms with E-state index in [2.05, 4.69) is 57.5 Å². The highest BCUT2D eigenvalue weighted by atomic mass is 28.4. The van der Waals surface area contributed by atoms with E-state index in [4.69, 9.17) is 14.2 Å². The minimum Gasteiger partial charge on any atom is -0.443 e. The number of aromatic nitrogens is 1. The average molecular weight is 702 g/mol. The second-order valence-corrected chi connectivity index (χ2v) is 21.1. The van der Waals surface area contributed by atoms with Gasteiger partial charge in [0, 0.05) is 57.0 Å². The number of guanidine groups is 1. The zero-order valence-electron chi connectivity index (χ0n) is 31.3. The topological polar surface area (TPSA) is 141 Å². The Labute approximate surface area is 296 Å². The predicted octanol–water partition coefficient (Wildman–Crippen LogP) is 5.81. The van der Waals surface area contributed by atoms with E-state index in [0.717, 1.165) is 17.7 Å². The Morgan fingerprint density at radius 2 is 1.84 bits per heavy atom. The number of hydrogen-bond acceptors (Lipinski definition) is 9. The number of anilines is 2. The van der Waals surface area contributed by atoms with E-state index in [0.29, 0.717) is 60.2 Å². The van der Waals surface area contributed by atoms with Crippen LogP contribution in [0.3, 0.4) is 0 Å². The second-order valence-electron chi connectivity index (χ2n) is 16.3. The molecule has 5 rings (SSSR count). The summed E-state index contributed by atoms with van der Waals surface area (Å²) in [7, 11) is 1.26. The molecule has 1 aromatic heterocycles. The predicted molar refractivity (Wildman–Crippen MR) is 199 cm³/mol. The summed E-state index contributed by atoms with van der Waals surface area (Å²) in [5, 5.41) is 16.4. The number of carbonyl (C=O) groups excluding carboxylic acids is 2. The van der Waals surface area contributed by atoms with Crippen molar-refractivity contribution in [1.82, 2.24) is 14.8 Å². The van der Waals surface area contributed by atoms with Gasteiger partial charge in [0.25, 0.3) is 11.5 Å². The number of fused-ring (bicyclic) bond motifs is 2. The second kappa shape index (κ2) is 13.0. The molecular formula is C37H51N7O5Si. The third-order valence-corrected chi connectivity index (χ3v) is 14.7. The lowest BCUT2D eigenvalue weighted by Crippen LogP contribution is -2.46. The first-order valence-electron chi connectivity index (χ1n) is 17.2. The molecular weight excluding hydrogens is 651 g/mol. The minimum atomic E-state index is -2.17. The van der Waals surface area contributed by atoms with Gasteiger partial charge in [-0.15, -0.1) is 0 Å². The molecule has 13 heteroatoms. The van der Waals surface area contributed by atoms with Crippen LogP contribution in [-0.2, 0) is 27.5 Å². The van der Waals surface area contributed by atoms with Crippen molar-refractivity contribution in [3.8, 4) is 6.07 Å². The molecule has 12 nitrogen and oxygen atoms in total. The van der Waals surface area contributed by atoms with Gasteiger partial charge < -0.3 is 29.3 Å². The van der Waals surface area contributed by atoms with Crippen molar-refractivity contribution in [2.45, 2.75) is 97.0 Å². The van der Waals surface area contributed by atoms with Gasteiger partial charge in [-0.05, 0) is 81.6 Å². The van der Waals surface area contributed by atoms with Crippen molar-refractivity contribution in [2.24, 2.45) is 4.99 Å². The molecule has 0 unspecified atom stereocenters. The highest BCUT2D eigenvalue weighted by Gasteiger charge is 2.47. The van der Waals surface area contributed by atoms with E-state index < -0.39 is 25.4 Å². The highest BCUT2D eigenvalue weighted by molar-refractivity contribution is 6.74. The molecule has 2 aromatic rings. The van der Waals surface area contributed by atoms with Gasteiger partial charge in [0.2, 0.25) is 5.96 Å². The standard InChI is InChI=1S/C37H51N7O5Si/c1-35(2,3)49-34(47)44-21-37(7,22-48-50(10,11)36(4,5)6)26-18-23(17-24(20-38)30(26)44)27-14-16-42(9)33(40-27)41-28-19-25(31(45)39-8)29-13-12-15-43(29)32(28)46/h14,17-19H,12-13,15-16,21-22H2,1-11H3,(H,39,45)(H,40,41)/t37-/m1/s1. The van der Waals surface area contributed by atoms with Gasteiger partial charge in [-0.2, -0.15) is 5.26 Å². The normalized spacial score (nSPS) is 18.9. The Morgan fingerprint density at radius 1 is 1.14 bits per heavy atom. The maximum atomic E-state index is 13.6. The molecule has 2 amide bonds. The number of ether oxygens (including phenoxy) is 1. The first kappa shape index (κ1) is 36.9. The molecule has 0 aliphatic carbocycles. The Hall–Kier alpha value is -4.41. The van der Waals surface area contributed by atoms with Gasteiger partial charge in [0.1, 0.15) is 17.4 Å². The third-order valence-electron chi connectivity index (χ3n) is 10.2. The molecule has 1 aromatic carbocycles. The fourth-order valence-corrected chi connectivity index (χ4v) is 7.41. The number of aliphatic imine (C=N–C) groups is 1. The maximum absolute atomic E-state index is 13.6. The molecule has 0 bridgehead atoms. The fraction of sp³-hybridized carbons (Fsp3) is 0.541. The van der Waals surface area contributed by atoms with Gasteiger partial charge in [-0.25, -0.2) is 9.79 Å². The zero-order valence-corrected chi connectivity index (χ0v) is 32.3. The van der Waals surface area contributed by atoms with Crippen LogP contribution in [0.5, 0.6) is 0 Å². The molecule has 0 saturated heterocycles. The molecule has 0 fully saturated rings. The van der Waals surface area contributed by atoms with Crippen LogP contribution >= 0.6 is 0 Å². The monoisotopic (exact) mass is 701 g/mol. The minimum absolute atomic E-state index is 0.0191. The quantitative estimate of drug-likeness (QED) is 0.360. The molecule has 4 heterocycles. The number of amides is 2. The van der Waals surface area contributed by atoms with E-state index in [1.54, 1.807) is 28.6 Å². The lowest BCUT2D eigenvalue weighted by Gasteiger charge is -2.39. The lowest BCUT2D eigenvalue weighted by molar-refractivity contribution is 0.0575. The van der Waals surface area contributed by atoms with Crippen LogP contribution in [0, 0.1) is 11.3 Å². The van der Waals surface area contributed by atoms with Crippen LogP contribution in [0.25, 0.3) is 5.70 Å². The summed E-state index contributed by atoms with van der Waals surface area (Å²) < 4.78 is 14.2. The summed E-state index contributed by atoms with van der Waals surface area (Å²) >= 11 is 0. The molecule has 0 radical (unpaired) electrons. The first-order valence-corrected chi connectivity index (χ1v) is 20.1. The number of nitrogens with one attached hydrogen (secondary N) is 2. The summed E-state index contributed by atoms with van der Waals surface area (Å²) in [5.41, 5.74) is 2.87. The van der Waals surface area contributed by atoms with E-state index in [9.17, 15) is 19.6 Å². The number of rotatable bonds is 6. The van der Waals surface area contributed by atoms with E-state index in [1.165, 1.54) is 0 Å². The van der Waals surface area contributed by atoms with Crippen molar-refractivity contribution >= 4 is 43.3 Å². The van der Waals surface area contributed by atoms with Gasteiger partial charge in [-0.1, -0.05) is 27.7 Å². The third kappa shape index (κ3) is 6.96. The van der Waals surface area contributed by atoms with Crippen molar-refractivity contribution in [3.05, 3.63) is 62.6 Å². The van der Waals surface area contributed by atoms with Crippen LogP contribution in [0.4, 0.5) is 16.2 Å². The van der Waals surface area contributed by atoms with Crippen molar-refractivity contribution < 1.29 is 18.8 Å². The molecule has 2 N–H and O–H groups in total. The SMILES string of the molecule is CNC(=O)c1cc(NC2=NC(c3cc(C#N)c4c(c3)[C@@](C)(CO[Si](C)(C)C(C)(C)C)CN4C(=O)OC(C)(C)C)=CCN2C)c(=O)n2c1CCC2. The van der Waals surface area contributed by atoms with Crippen LogP contribution in [-0.4, -0.2) is 75.1 Å². The summed E-state index contributed by atoms with van der Waals surface area (Å²) in [4.78, 5) is 48.3. The molecule has 50 heavy (non-hydrogen) atoms. The summed E-state index contributed by atoms with van der Waals surface area (Å²) in [6, 6.07) is 7.70. The molecule has 3 aliphatic rings. The van der Waals surface area contributed by atoms with Gasteiger partial charge in [-0.3, -0.25) is 14.5 Å². The van der Waals surface area contributed by atoms with Crippen molar-refractivity contribution in [1.29, 1.82) is 5.26 Å². The summed E-state index contributed by atoms with van der Waals surface area (Å²) in [6.45, 7) is 20.2.